The molecule has 1 atom stereocenters. The van der Waals surface area contributed by atoms with E-state index in [-0.39, 0.29) is 6.61 Å². The predicted octanol–water partition coefficient (Wildman–Crippen LogP) is 0.990. The van der Waals surface area contributed by atoms with Gasteiger partial charge in [-0.1, -0.05) is 0 Å². The lowest BCUT2D eigenvalue weighted by molar-refractivity contribution is 0.0132. The van der Waals surface area contributed by atoms with Crippen LogP contribution in [0.25, 0.3) is 0 Å². The first-order chi connectivity index (χ1) is 8.81. The number of hydrogen-bond acceptors (Lipinski definition) is 4. The zero-order chi connectivity index (χ0) is 12.8. The number of likely N-dealkylation sites (tertiary alicyclic amines) is 1. The van der Waals surface area contributed by atoms with Crippen molar-refractivity contribution >= 4 is 0 Å². The fourth-order valence-corrected chi connectivity index (χ4v) is 2.68. The van der Waals surface area contributed by atoms with E-state index in [0.717, 1.165) is 45.5 Å². The summed E-state index contributed by atoms with van der Waals surface area (Å²) in [5.74, 6) is 0. The first-order valence-electron chi connectivity index (χ1n) is 7.52. The van der Waals surface area contributed by atoms with Gasteiger partial charge in [0.2, 0.25) is 0 Å². The van der Waals surface area contributed by atoms with Crippen LogP contribution in [0.5, 0.6) is 0 Å². The van der Waals surface area contributed by atoms with Crippen LogP contribution in [0.4, 0.5) is 0 Å². The molecule has 4 nitrogen and oxygen atoms in total. The summed E-state index contributed by atoms with van der Waals surface area (Å²) in [6, 6.07) is 0.980. The second-order valence-electron chi connectivity index (χ2n) is 5.61. The normalized spacial score (nSPS) is 24.3. The highest BCUT2D eigenvalue weighted by Crippen LogP contribution is 2.20. The minimum Gasteiger partial charge on any atom is -0.395 e. The fraction of sp³-hybridized carbons (Fsp3) is 1.00. The highest BCUT2D eigenvalue weighted by atomic mass is 16.5. The summed E-state index contributed by atoms with van der Waals surface area (Å²) in [6.45, 7) is 6.57. The van der Waals surface area contributed by atoms with Crippen molar-refractivity contribution in [1.82, 2.24) is 10.2 Å². The van der Waals surface area contributed by atoms with Gasteiger partial charge in [0, 0.05) is 31.8 Å². The van der Waals surface area contributed by atoms with Crippen molar-refractivity contribution < 1.29 is 9.84 Å². The number of hydrogen-bond donors (Lipinski definition) is 2. The topological polar surface area (TPSA) is 44.7 Å². The van der Waals surface area contributed by atoms with E-state index in [1.807, 2.05) is 0 Å². The number of aliphatic hydroxyl groups is 1. The van der Waals surface area contributed by atoms with Crippen molar-refractivity contribution in [1.29, 1.82) is 0 Å². The molecular formula is C14H28N2O2. The van der Waals surface area contributed by atoms with Crippen molar-refractivity contribution in [3.05, 3.63) is 0 Å². The van der Waals surface area contributed by atoms with Gasteiger partial charge in [0.1, 0.15) is 0 Å². The van der Waals surface area contributed by atoms with E-state index in [1.165, 1.54) is 12.8 Å². The van der Waals surface area contributed by atoms with Gasteiger partial charge in [0.05, 0.1) is 12.7 Å². The third-order valence-corrected chi connectivity index (χ3v) is 4.00. The second-order valence-corrected chi connectivity index (χ2v) is 5.61. The molecule has 2 N–H and O–H groups in total. The van der Waals surface area contributed by atoms with Crippen LogP contribution in [0.1, 0.15) is 39.0 Å². The molecule has 2 fully saturated rings. The van der Waals surface area contributed by atoms with Gasteiger partial charge in [-0.25, -0.2) is 0 Å². The smallest absolute Gasteiger partial charge is 0.0599 e. The molecule has 106 valence electrons. The molecule has 18 heavy (non-hydrogen) atoms. The molecule has 0 spiro atoms. The maximum atomic E-state index is 9.34. The van der Waals surface area contributed by atoms with Crippen molar-refractivity contribution in [2.75, 3.05) is 32.8 Å². The van der Waals surface area contributed by atoms with Gasteiger partial charge in [0.25, 0.3) is 0 Å². The third-order valence-electron chi connectivity index (χ3n) is 4.00. The van der Waals surface area contributed by atoms with Crippen LogP contribution >= 0.6 is 0 Å². The second kappa shape index (κ2) is 7.43. The first-order valence-corrected chi connectivity index (χ1v) is 7.52. The van der Waals surface area contributed by atoms with Gasteiger partial charge in [-0.2, -0.15) is 0 Å². The van der Waals surface area contributed by atoms with E-state index >= 15 is 0 Å². The molecule has 1 heterocycles. The summed E-state index contributed by atoms with van der Waals surface area (Å²) in [7, 11) is 0. The van der Waals surface area contributed by atoms with Gasteiger partial charge in [-0.3, -0.25) is 0 Å². The molecule has 0 aromatic carbocycles. The molecule has 1 aliphatic heterocycles. The quantitative estimate of drug-likeness (QED) is 0.680. The van der Waals surface area contributed by atoms with E-state index in [9.17, 15) is 5.11 Å². The predicted molar refractivity (Wildman–Crippen MR) is 72.7 cm³/mol. The van der Waals surface area contributed by atoms with Crippen molar-refractivity contribution in [2.45, 2.75) is 57.2 Å². The summed E-state index contributed by atoms with van der Waals surface area (Å²) in [5.41, 5.74) is 0. The summed E-state index contributed by atoms with van der Waals surface area (Å²) < 4.78 is 5.66. The Kier molecular flexibility index (Phi) is 5.89. The molecule has 0 radical (unpaired) electrons. The van der Waals surface area contributed by atoms with Crippen molar-refractivity contribution in [3.8, 4) is 0 Å². The van der Waals surface area contributed by atoms with Gasteiger partial charge in [-0.15, -0.1) is 0 Å². The number of nitrogens with one attached hydrogen (secondary N) is 1. The minimum absolute atomic E-state index is 0.270. The van der Waals surface area contributed by atoms with Crippen LogP contribution in [-0.4, -0.2) is 61.0 Å². The highest BCUT2D eigenvalue weighted by Gasteiger charge is 2.25. The maximum Gasteiger partial charge on any atom is 0.0599 e. The maximum absolute atomic E-state index is 9.34. The van der Waals surface area contributed by atoms with Crippen LogP contribution < -0.4 is 5.32 Å². The molecule has 1 saturated carbocycles. The zero-order valence-electron chi connectivity index (χ0n) is 11.6. The monoisotopic (exact) mass is 256 g/mol. The van der Waals surface area contributed by atoms with Crippen LogP contribution in [0.2, 0.25) is 0 Å². The Bertz CT molecular complexity index is 226. The Balaban J connectivity index is 1.58. The molecule has 1 aliphatic carbocycles. The average molecular weight is 256 g/mol. The SMILES string of the molecule is CCOC1CCN(CCC(CO)NC2CC2)CC1. The first kappa shape index (κ1) is 14.3. The molecule has 0 bridgehead atoms. The number of rotatable bonds is 8. The van der Waals surface area contributed by atoms with E-state index in [4.69, 9.17) is 4.74 Å². The van der Waals surface area contributed by atoms with Gasteiger partial charge in [-0.05, 0) is 45.6 Å². The van der Waals surface area contributed by atoms with E-state index in [1.54, 1.807) is 0 Å². The average Bonchev–Trinajstić information content (AvgIpc) is 3.20. The number of piperidine rings is 1. The summed E-state index contributed by atoms with van der Waals surface area (Å²) >= 11 is 0. The summed E-state index contributed by atoms with van der Waals surface area (Å²) in [4.78, 5) is 2.51. The Morgan fingerprint density at radius 1 is 1.28 bits per heavy atom. The number of aliphatic hydroxyl groups excluding tert-OH is 1. The molecule has 0 aromatic rings. The number of ether oxygens (including phenoxy) is 1. The van der Waals surface area contributed by atoms with Crippen LogP contribution in [0.15, 0.2) is 0 Å². The molecule has 1 saturated heterocycles. The fourth-order valence-electron chi connectivity index (χ4n) is 2.68. The van der Waals surface area contributed by atoms with Crippen molar-refractivity contribution in [3.63, 3.8) is 0 Å². The van der Waals surface area contributed by atoms with Gasteiger partial charge >= 0.3 is 0 Å². The lowest BCUT2D eigenvalue weighted by atomic mass is 10.1. The summed E-state index contributed by atoms with van der Waals surface area (Å²) in [5, 5.41) is 12.9. The van der Waals surface area contributed by atoms with E-state index in [2.05, 4.69) is 17.1 Å². The van der Waals surface area contributed by atoms with Crippen LogP contribution in [-0.2, 0) is 4.74 Å². The molecule has 2 aliphatic rings. The molecule has 4 heteroatoms. The Morgan fingerprint density at radius 2 is 2.00 bits per heavy atom. The molecule has 2 rings (SSSR count). The van der Waals surface area contributed by atoms with Crippen molar-refractivity contribution in [2.24, 2.45) is 0 Å². The molecular weight excluding hydrogens is 228 g/mol. The zero-order valence-corrected chi connectivity index (χ0v) is 11.6. The van der Waals surface area contributed by atoms with Crippen LogP contribution in [0, 0.1) is 0 Å². The lowest BCUT2D eigenvalue weighted by Gasteiger charge is -2.32. The molecule has 0 amide bonds. The summed E-state index contributed by atoms with van der Waals surface area (Å²) in [6.07, 6.45) is 6.43. The third kappa shape index (κ3) is 4.84. The standard InChI is InChI=1S/C14H28N2O2/c1-2-18-14-6-9-16(10-7-14)8-5-13(11-17)15-12-3-4-12/h12-15,17H,2-11H2,1H3. The van der Waals surface area contributed by atoms with E-state index in [0.29, 0.717) is 18.2 Å². The largest absolute Gasteiger partial charge is 0.395 e. The minimum atomic E-state index is 0.270. The lowest BCUT2D eigenvalue weighted by Crippen LogP contribution is -2.41. The Hall–Kier alpha value is -0.160. The van der Waals surface area contributed by atoms with E-state index < -0.39 is 0 Å². The Labute approximate surface area is 111 Å². The van der Waals surface area contributed by atoms with Gasteiger partial charge in [0.15, 0.2) is 0 Å². The molecule has 1 unspecified atom stereocenters. The van der Waals surface area contributed by atoms with Gasteiger partial charge < -0.3 is 20.1 Å². The molecule has 0 aromatic heterocycles. The highest BCUT2D eigenvalue weighted by molar-refractivity contribution is 4.85. The van der Waals surface area contributed by atoms with Crippen LogP contribution in [0.3, 0.4) is 0 Å². The Morgan fingerprint density at radius 3 is 2.56 bits per heavy atom. The number of nitrogens with zero attached hydrogens (tertiary/aromatic N) is 1.